The Labute approximate surface area is 224 Å². The zero-order chi connectivity index (χ0) is 27.1. The number of benzene rings is 3. The van der Waals surface area contributed by atoms with Gasteiger partial charge in [0, 0.05) is 16.6 Å². The van der Waals surface area contributed by atoms with E-state index < -0.39 is 23.6 Å². The molecule has 1 unspecified atom stereocenters. The molecule has 8 nitrogen and oxygen atoms in total. The Hall–Kier alpha value is -4.85. The van der Waals surface area contributed by atoms with Gasteiger partial charge in [-0.15, -0.1) is 0 Å². The van der Waals surface area contributed by atoms with E-state index in [0.717, 1.165) is 38.9 Å². The van der Waals surface area contributed by atoms with Crippen molar-refractivity contribution in [2.45, 2.75) is 38.2 Å². The van der Waals surface area contributed by atoms with Crippen LogP contribution >= 0.6 is 0 Å². The van der Waals surface area contributed by atoms with Crippen molar-refractivity contribution >= 4 is 28.7 Å². The summed E-state index contributed by atoms with van der Waals surface area (Å²) in [4.78, 5) is 28.0. The van der Waals surface area contributed by atoms with Crippen LogP contribution in [0.5, 0.6) is 0 Å². The summed E-state index contributed by atoms with van der Waals surface area (Å²) >= 11 is 0. The predicted octanol–water partition coefficient (Wildman–Crippen LogP) is 7.22. The molecule has 0 radical (unpaired) electrons. The van der Waals surface area contributed by atoms with Gasteiger partial charge in [0.05, 0.1) is 10.9 Å². The van der Waals surface area contributed by atoms with E-state index in [2.05, 4.69) is 15.5 Å². The first-order valence-corrected chi connectivity index (χ1v) is 12.8. The van der Waals surface area contributed by atoms with Crippen LogP contribution in [0.15, 0.2) is 83.4 Å². The van der Waals surface area contributed by atoms with E-state index in [4.69, 9.17) is 9.26 Å². The number of hydrogen-bond acceptors (Lipinski definition) is 5. The molecule has 2 heterocycles. The fourth-order valence-corrected chi connectivity index (χ4v) is 5.03. The zero-order valence-corrected chi connectivity index (χ0v) is 21.5. The number of anilines is 1. The molecule has 0 aliphatic heterocycles. The van der Waals surface area contributed by atoms with Crippen molar-refractivity contribution in [3.63, 3.8) is 0 Å². The third-order valence-corrected chi connectivity index (χ3v) is 7.43. The molecule has 0 spiro atoms. The van der Waals surface area contributed by atoms with E-state index in [0.29, 0.717) is 30.0 Å². The van der Waals surface area contributed by atoms with Gasteiger partial charge in [-0.2, -0.15) is 0 Å². The van der Waals surface area contributed by atoms with Gasteiger partial charge in [-0.25, -0.2) is 4.79 Å². The van der Waals surface area contributed by atoms with E-state index in [1.165, 1.54) is 0 Å². The molecule has 1 atom stereocenters. The minimum absolute atomic E-state index is 0.420. The molecule has 6 rings (SSSR count). The second-order valence-corrected chi connectivity index (χ2v) is 9.97. The lowest BCUT2D eigenvalue weighted by atomic mass is 9.94. The smallest absolute Gasteiger partial charge is 0.412 e. The van der Waals surface area contributed by atoms with Crippen molar-refractivity contribution in [3.8, 4) is 22.6 Å². The van der Waals surface area contributed by atoms with Crippen molar-refractivity contribution < 1.29 is 24.0 Å². The van der Waals surface area contributed by atoms with Crippen molar-refractivity contribution in [1.29, 1.82) is 0 Å². The average molecular weight is 522 g/mol. The lowest BCUT2D eigenvalue weighted by molar-refractivity contribution is -0.140. The van der Waals surface area contributed by atoms with Gasteiger partial charge in [-0.3, -0.25) is 10.1 Å². The first-order chi connectivity index (χ1) is 18.9. The Morgan fingerprint density at radius 3 is 2.44 bits per heavy atom. The molecule has 1 saturated carbocycles. The zero-order valence-electron chi connectivity index (χ0n) is 21.5. The van der Waals surface area contributed by atoms with E-state index in [1.54, 1.807) is 6.92 Å². The first-order valence-electron chi connectivity index (χ1n) is 12.8. The fourth-order valence-electron chi connectivity index (χ4n) is 5.03. The Morgan fingerprint density at radius 2 is 1.74 bits per heavy atom. The molecular formula is C31H27N3O5. The molecule has 196 valence electrons. The van der Waals surface area contributed by atoms with Gasteiger partial charge in [0.2, 0.25) is 0 Å². The topological polar surface area (TPSA) is 117 Å². The number of nitrogens with zero attached hydrogens (tertiary/aromatic N) is 1. The standard InChI is InChI=1S/C31H27N3O5/c1-18-26(33-30(37)38-19(2)20-7-4-3-5-8-20)28(39-34-18)22-13-11-21(12-14-22)25-17-23-9-6-10-24(27(23)32-25)31(15-16-31)29(35)36/h3-14,17,19,32H,15-16H2,1-2H3,(H,33,37)(H,35,36). The lowest BCUT2D eigenvalue weighted by Gasteiger charge is -2.14. The van der Waals surface area contributed by atoms with E-state index in [-0.39, 0.29) is 0 Å². The van der Waals surface area contributed by atoms with Gasteiger partial charge < -0.3 is 19.4 Å². The summed E-state index contributed by atoms with van der Waals surface area (Å²) in [6.45, 7) is 3.57. The maximum absolute atomic E-state index is 12.7. The van der Waals surface area contributed by atoms with Gasteiger partial charge in [-0.05, 0) is 49.4 Å². The molecule has 8 heteroatoms. The lowest BCUT2D eigenvalue weighted by Crippen LogP contribution is -2.19. The number of hydrogen-bond donors (Lipinski definition) is 3. The number of ether oxygens (including phenoxy) is 1. The molecule has 39 heavy (non-hydrogen) atoms. The van der Waals surface area contributed by atoms with Crippen molar-refractivity contribution in [3.05, 3.63) is 95.7 Å². The van der Waals surface area contributed by atoms with Crippen LogP contribution in [0.4, 0.5) is 10.5 Å². The van der Waals surface area contributed by atoms with E-state index in [9.17, 15) is 14.7 Å². The number of carbonyl (C=O) groups is 2. The van der Waals surface area contributed by atoms with Crippen LogP contribution < -0.4 is 5.32 Å². The maximum atomic E-state index is 12.7. The van der Waals surface area contributed by atoms with E-state index in [1.807, 2.05) is 85.8 Å². The second-order valence-electron chi connectivity index (χ2n) is 9.97. The molecule has 3 N–H and O–H groups in total. The molecule has 1 aliphatic carbocycles. The Balaban J connectivity index is 1.23. The number of aliphatic carboxylic acids is 1. The van der Waals surface area contributed by atoms with E-state index >= 15 is 0 Å². The maximum Gasteiger partial charge on any atom is 0.412 e. The van der Waals surface area contributed by atoms with Crippen LogP contribution in [-0.4, -0.2) is 27.3 Å². The Bertz CT molecular complexity index is 1680. The highest BCUT2D eigenvalue weighted by molar-refractivity contribution is 5.96. The number of carboxylic acids is 1. The van der Waals surface area contributed by atoms with Crippen molar-refractivity contribution in [1.82, 2.24) is 10.1 Å². The summed E-state index contributed by atoms with van der Waals surface area (Å²) in [6.07, 6.45) is 0.280. The second kappa shape index (κ2) is 9.47. The molecular weight excluding hydrogens is 494 g/mol. The number of rotatable bonds is 7. The third-order valence-electron chi connectivity index (χ3n) is 7.43. The minimum Gasteiger partial charge on any atom is -0.481 e. The van der Waals surface area contributed by atoms with Gasteiger partial charge in [0.1, 0.15) is 17.5 Å². The number of carboxylic acid groups (broad SMARTS) is 1. The number of aromatic nitrogens is 2. The molecule has 5 aromatic rings. The predicted molar refractivity (Wildman–Crippen MR) is 147 cm³/mol. The number of aromatic amines is 1. The Kier molecular flexibility index (Phi) is 5.95. The largest absolute Gasteiger partial charge is 0.481 e. The minimum atomic E-state index is -0.793. The van der Waals surface area contributed by atoms with Gasteiger partial charge in [0.25, 0.3) is 0 Å². The average Bonchev–Trinajstić information content (AvgIpc) is 3.52. The number of aryl methyl sites for hydroxylation is 1. The van der Waals surface area contributed by atoms with Crippen LogP contribution in [0.3, 0.4) is 0 Å². The van der Waals surface area contributed by atoms with Crippen LogP contribution in [0, 0.1) is 6.92 Å². The number of para-hydroxylation sites is 1. The molecule has 2 aromatic heterocycles. The number of amides is 1. The summed E-state index contributed by atoms with van der Waals surface area (Å²) in [5.74, 6) is -0.347. The number of H-pyrrole nitrogens is 1. The molecule has 0 bridgehead atoms. The van der Waals surface area contributed by atoms with Crippen molar-refractivity contribution in [2.75, 3.05) is 5.32 Å². The molecule has 1 aliphatic rings. The summed E-state index contributed by atoms with van der Waals surface area (Å²) in [5.41, 5.74) is 5.34. The quantitative estimate of drug-likeness (QED) is 0.208. The van der Waals surface area contributed by atoms with Crippen molar-refractivity contribution in [2.24, 2.45) is 0 Å². The molecule has 1 fully saturated rings. The highest BCUT2D eigenvalue weighted by Gasteiger charge is 2.52. The van der Waals surface area contributed by atoms with Crippen LogP contribution in [0.1, 0.15) is 42.7 Å². The fraction of sp³-hybridized carbons (Fsp3) is 0.194. The Morgan fingerprint density at radius 1 is 1.03 bits per heavy atom. The summed E-state index contributed by atoms with van der Waals surface area (Å²) in [5, 5.41) is 17.6. The van der Waals surface area contributed by atoms with Crippen LogP contribution in [0.25, 0.3) is 33.5 Å². The third kappa shape index (κ3) is 4.44. The van der Waals surface area contributed by atoms with Gasteiger partial charge >= 0.3 is 12.1 Å². The highest BCUT2D eigenvalue weighted by atomic mass is 16.6. The molecule has 1 amide bonds. The summed E-state index contributed by atoms with van der Waals surface area (Å²) < 4.78 is 11.1. The monoisotopic (exact) mass is 521 g/mol. The summed E-state index contributed by atoms with van der Waals surface area (Å²) in [6, 6.07) is 25.0. The highest BCUT2D eigenvalue weighted by Crippen LogP contribution is 2.50. The number of fused-ring (bicyclic) bond motifs is 1. The van der Waals surface area contributed by atoms with Crippen LogP contribution in [-0.2, 0) is 14.9 Å². The molecule has 3 aromatic carbocycles. The van der Waals surface area contributed by atoms with Gasteiger partial charge in [-0.1, -0.05) is 78.0 Å². The number of carbonyl (C=O) groups excluding carboxylic acids is 1. The first kappa shape index (κ1) is 24.5. The summed E-state index contributed by atoms with van der Waals surface area (Å²) in [7, 11) is 0. The SMILES string of the molecule is Cc1noc(-c2ccc(-c3cc4cccc(C5(C(=O)O)CC5)c4[nH]3)cc2)c1NC(=O)OC(C)c1ccccc1. The molecule has 0 saturated heterocycles. The van der Waals surface area contributed by atoms with Crippen LogP contribution in [0.2, 0.25) is 0 Å². The van der Waals surface area contributed by atoms with Gasteiger partial charge in [0.15, 0.2) is 5.76 Å². The number of nitrogens with one attached hydrogen (secondary N) is 2. The normalized spacial score (nSPS) is 14.6.